The number of hydrogen-bond acceptors (Lipinski definition) is 6. The van der Waals surface area contributed by atoms with E-state index < -0.39 is 0 Å². The van der Waals surface area contributed by atoms with E-state index in [0.29, 0.717) is 35.3 Å². The number of para-hydroxylation sites is 4. The highest BCUT2D eigenvalue weighted by atomic mass is 16.3. The van der Waals surface area contributed by atoms with Crippen LogP contribution in [-0.2, 0) is 0 Å². The Balaban J connectivity index is 1.16. The molecule has 6 aromatic rings. The zero-order chi connectivity index (χ0) is 27.3. The van der Waals surface area contributed by atoms with Crippen LogP contribution in [-0.4, -0.2) is 45.7 Å². The predicted molar refractivity (Wildman–Crippen MR) is 163 cm³/mol. The quantitative estimate of drug-likeness (QED) is 0.173. The van der Waals surface area contributed by atoms with Crippen LogP contribution in [0.25, 0.3) is 44.1 Å². The lowest BCUT2D eigenvalue weighted by Crippen LogP contribution is -1.93. The molecular formula is C34H26N4O2. The Bertz CT molecular complexity index is 1750. The predicted octanol–water partition coefficient (Wildman–Crippen LogP) is 7.07. The molecule has 6 heteroatoms. The van der Waals surface area contributed by atoms with Crippen molar-refractivity contribution in [1.29, 1.82) is 0 Å². The first kappa shape index (κ1) is 24.9. The zero-order valence-electron chi connectivity index (χ0n) is 21.6. The first-order valence-corrected chi connectivity index (χ1v) is 13.0. The number of aromatic hydroxyl groups is 2. The summed E-state index contributed by atoms with van der Waals surface area (Å²) in [5.41, 5.74) is 6.10. The summed E-state index contributed by atoms with van der Waals surface area (Å²) in [6.45, 7) is 0.868. The maximum atomic E-state index is 11.0. The van der Waals surface area contributed by atoms with E-state index in [2.05, 4.69) is 20.0 Å². The molecule has 0 radical (unpaired) electrons. The largest absolute Gasteiger partial charge is 0.507 e. The highest BCUT2D eigenvalue weighted by Gasteiger charge is 2.12. The van der Waals surface area contributed by atoms with Gasteiger partial charge in [-0.15, -0.1) is 0 Å². The van der Waals surface area contributed by atoms with Crippen LogP contribution in [0.5, 0.6) is 11.5 Å². The van der Waals surface area contributed by atoms with Gasteiger partial charge in [0, 0.05) is 69.0 Å². The van der Waals surface area contributed by atoms with Gasteiger partial charge < -0.3 is 10.2 Å². The molecule has 0 spiro atoms. The van der Waals surface area contributed by atoms with E-state index in [9.17, 15) is 10.2 Å². The third-order valence-corrected chi connectivity index (χ3v) is 6.80. The number of rotatable bonds is 7. The molecule has 0 aliphatic heterocycles. The van der Waals surface area contributed by atoms with E-state index in [0.717, 1.165) is 32.9 Å². The van der Waals surface area contributed by atoms with Gasteiger partial charge in [0.15, 0.2) is 0 Å². The van der Waals surface area contributed by atoms with Gasteiger partial charge in [-0.05, 0) is 24.3 Å². The number of aliphatic imine (C=N–C) groups is 2. The number of benzene rings is 4. The SMILES string of the molecule is Oc1c(C=NCCN=Cc2cccc(-c3cccc4cccnc34)c2O)cccc1-c1cccc2cccnc12. The second-order valence-corrected chi connectivity index (χ2v) is 9.32. The van der Waals surface area contributed by atoms with Crippen molar-refractivity contribution in [2.24, 2.45) is 9.98 Å². The van der Waals surface area contributed by atoms with E-state index in [-0.39, 0.29) is 11.5 Å². The molecule has 2 heterocycles. The molecule has 0 unspecified atom stereocenters. The van der Waals surface area contributed by atoms with Gasteiger partial charge in [0.2, 0.25) is 0 Å². The Morgan fingerprint density at radius 1 is 0.500 bits per heavy atom. The van der Waals surface area contributed by atoms with E-state index in [1.54, 1.807) is 24.8 Å². The summed E-state index contributed by atoms with van der Waals surface area (Å²) < 4.78 is 0. The van der Waals surface area contributed by atoms with E-state index >= 15 is 0 Å². The van der Waals surface area contributed by atoms with Crippen molar-refractivity contribution in [3.05, 3.63) is 121 Å². The lowest BCUT2D eigenvalue weighted by molar-refractivity contribution is 0.476. The fourth-order valence-electron chi connectivity index (χ4n) is 4.85. The Morgan fingerprint density at radius 2 is 0.900 bits per heavy atom. The molecule has 0 amide bonds. The third-order valence-electron chi connectivity index (χ3n) is 6.80. The minimum Gasteiger partial charge on any atom is -0.507 e. The van der Waals surface area contributed by atoms with E-state index in [1.807, 2.05) is 97.1 Å². The lowest BCUT2D eigenvalue weighted by atomic mass is 9.99. The van der Waals surface area contributed by atoms with Crippen molar-refractivity contribution >= 4 is 34.2 Å². The molecule has 0 atom stereocenters. The molecule has 0 saturated heterocycles. The fraction of sp³-hybridized carbons (Fsp3) is 0.0588. The van der Waals surface area contributed by atoms with Crippen LogP contribution < -0.4 is 0 Å². The summed E-state index contributed by atoms with van der Waals surface area (Å²) in [6.07, 6.45) is 6.84. The number of nitrogens with zero attached hydrogens (tertiary/aromatic N) is 4. The summed E-state index contributed by atoms with van der Waals surface area (Å²) in [4.78, 5) is 18.0. The third kappa shape index (κ3) is 4.90. The Hall–Kier alpha value is -5.36. The van der Waals surface area contributed by atoms with Gasteiger partial charge in [-0.25, -0.2) is 0 Å². The van der Waals surface area contributed by atoms with Crippen molar-refractivity contribution in [1.82, 2.24) is 9.97 Å². The van der Waals surface area contributed by atoms with Crippen molar-refractivity contribution in [3.63, 3.8) is 0 Å². The number of phenols is 2. The molecule has 2 aromatic heterocycles. The van der Waals surface area contributed by atoms with Crippen molar-refractivity contribution in [2.45, 2.75) is 0 Å². The van der Waals surface area contributed by atoms with Gasteiger partial charge in [-0.2, -0.15) is 0 Å². The molecule has 0 aliphatic rings. The molecule has 40 heavy (non-hydrogen) atoms. The smallest absolute Gasteiger partial charge is 0.132 e. The molecule has 194 valence electrons. The van der Waals surface area contributed by atoms with Gasteiger partial charge in [0.05, 0.1) is 24.1 Å². The highest BCUT2D eigenvalue weighted by molar-refractivity contribution is 5.99. The average molecular weight is 523 g/mol. The molecular weight excluding hydrogens is 496 g/mol. The number of fused-ring (bicyclic) bond motifs is 2. The average Bonchev–Trinajstić information content (AvgIpc) is 3.00. The molecule has 0 aliphatic carbocycles. The van der Waals surface area contributed by atoms with E-state index in [1.165, 1.54) is 0 Å². The van der Waals surface area contributed by atoms with Crippen molar-refractivity contribution < 1.29 is 10.2 Å². The molecule has 4 aromatic carbocycles. The Kier molecular flexibility index (Phi) is 6.97. The standard InChI is InChI=1S/C34H26N4O2/c39-33-25(9-3-15-29(33)27-13-1-7-23-11-5-17-37-31(23)27)21-35-19-20-36-22-26-10-4-16-30(34(26)40)28-14-2-8-24-12-6-18-38-32(24)28/h1-18,21-22,39-40H,19-20H2. The summed E-state index contributed by atoms with van der Waals surface area (Å²) in [6, 6.07) is 30.9. The van der Waals surface area contributed by atoms with Gasteiger partial charge in [0.25, 0.3) is 0 Å². The maximum Gasteiger partial charge on any atom is 0.132 e. The van der Waals surface area contributed by atoms with Crippen LogP contribution in [0.3, 0.4) is 0 Å². The van der Waals surface area contributed by atoms with Gasteiger partial charge in [-0.1, -0.05) is 72.8 Å². The van der Waals surface area contributed by atoms with Crippen molar-refractivity contribution in [3.8, 4) is 33.8 Å². The van der Waals surface area contributed by atoms with Crippen molar-refractivity contribution in [2.75, 3.05) is 13.1 Å². The van der Waals surface area contributed by atoms with Crippen LogP contribution in [0.15, 0.2) is 119 Å². The summed E-state index contributed by atoms with van der Waals surface area (Å²) in [5, 5.41) is 24.0. The molecule has 0 bridgehead atoms. The van der Waals surface area contributed by atoms with Crippen LogP contribution in [0, 0.1) is 0 Å². The van der Waals surface area contributed by atoms with Crippen LogP contribution >= 0.6 is 0 Å². The normalized spacial score (nSPS) is 11.7. The molecule has 6 rings (SSSR count). The number of pyridine rings is 2. The second kappa shape index (κ2) is 11.2. The molecule has 0 fully saturated rings. The Morgan fingerprint density at radius 3 is 1.38 bits per heavy atom. The van der Waals surface area contributed by atoms with Crippen LogP contribution in [0.2, 0.25) is 0 Å². The maximum absolute atomic E-state index is 11.0. The first-order chi connectivity index (χ1) is 19.7. The monoisotopic (exact) mass is 522 g/mol. The summed E-state index contributed by atoms with van der Waals surface area (Å²) in [5.74, 6) is 0.329. The molecule has 6 nitrogen and oxygen atoms in total. The van der Waals surface area contributed by atoms with Gasteiger partial charge in [-0.3, -0.25) is 20.0 Å². The number of hydrogen-bond donors (Lipinski definition) is 2. The highest BCUT2D eigenvalue weighted by Crippen LogP contribution is 2.36. The topological polar surface area (TPSA) is 91.0 Å². The van der Waals surface area contributed by atoms with E-state index in [4.69, 9.17) is 0 Å². The van der Waals surface area contributed by atoms with Crippen LogP contribution in [0.1, 0.15) is 11.1 Å². The zero-order valence-corrected chi connectivity index (χ0v) is 21.6. The molecule has 0 saturated carbocycles. The molecule has 2 N–H and O–H groups in total. The van der Waals surface area contributed by atoms with Gasteiger partial charge in [0.1, 0.15) is 11.5 Å². The number of phenolic OH excluding ortho intramolecular Hbond substituents is 2. The Labute approximate surface area is 231 Å². The summed E-state index contributed by atoms with van der Waals surface area (Å²) >= 11 is 0. The van der Waals surface area contributed by atoms with Crippen LogP contribution in [0.4, 0.5) is 0 Å². The number of aromatic nitrogens is 2. The first-order valence-electron chi connectivity index (χ1n) is 13.0. The van der Waals surface area contributed by atoms with Gasteiger partial charge >= 0.3 is 0 Å². The summed E-state index contributed by atoms with van der Waals surface area (Å²) in [7, 11) is 0. The fourth-order valence-corrected chi connectivity index (χ4v) is 4.85. The minimum absolute atomic E-state index is 0.164. The second-order valence-electron chi connectivity index (χ2n) is 9.32. The minimum atomic E-state index is 0.164. The lowest BCUT2D eigenvalue weighted by Gasteiger charge is -2.10.